The number of benzene rings is 1. The Hall–Kier alpha value is -1.56. The number of hydrogen-bond donors (Lipinski definition) is 0. The van der Waals surface area contributed by atoms with Crippen LogP contribution in [0.3, 0.4) is 0 Å². The Morgan fingerprint density at radius 2 is 1.90 bits per heavy atom. The van der Waals surface area contributed by atoms with E-state index in [1.807, 2.05) is 6.92 Å². The molecule has 1 aromatic rings. The Balaban J connectivity index is 1.82. The molecular weight excluding hydrogens is 292 g/mol. The van der Waals surface area contributed by atoms with E-state index in [4.69, 9.17) is 9.47 Å². The number of carbonyl (C=O) groups excluding carboxylic acids is 1. The second-order valence-electron chi connectivity index (χ2n) is 5.85. The van der Waals surface area contributed by atoms with Crippen molar-refractivity contribution in [1.82, 2.24) is 0 Å². The van der Waals surface area contributed by atoms with Crippen LogP contribution in [0.4, 0.5) is 0 Å². The van der Waals surface area contributed by atoms with Crippen molar-refractivity contribution in [2.24, 2.45) is 11.8 Å². The van der Waals surface area contributed by atoms with Gasteiger partial charge >= 0.3 is 0 Å². The van der Waals surface area contributed by atoms with Gasteiger partial charge < -0.3 is 9.47 Å². The molecular formula is C15H18O5S. The fourth-order valence-electron chi connectivity index (χ4n) is 2.64. The number of ketones is 1. The van der Waals surface area contributed by atoms with E-state index >= 15 is 0 Å². The molecule has 2 unspecified atom stereocenters. The van der Waals surface area contributed by atoms with E-state index in [1.165, 1.54) is 0 Å². The number of fused-ring (bicyclic) bond motifs is 1. The van der Waals surface area contributed by atoms with Crippen LogP contribution in [0.15, 0.2) is 18.2 Å². The van der Waals surface area contributed by atoms with Gasteiger partial charge in [0.05, 0.1) is 24.7 Å². The van der Waals surface area contributed by atoms with Gasteiger partial charge in [0.1, 0.15) is 0 Å². The number of hydrogen-bond acceptors (Lipinski definition) is 5. The van der Waals surface area contributed by atoms with E-state index < -0.39 is 15.8 Å². The quantitative estimate of drug-likeness (QED) is 0.778. The maximum Gasteiger partial charge on any atom is 0.167 e. The molecule has 0 saturated carbocycles. The largest absolute Gasteiger partial charge is 0.489 e. The second kappa shape index (κ2) is 5.33. The third-order valence-electron chi connectivity index (χ3n) is 3.88. The first-order valence-corrected chi connectivity index (χ1v) is 8.91. The van der Waals surface area contributed by atoms with Gasteiger partial charge in [-0.15, -0.1) is 0 Å². The van der Waals surface area contributed by atoms with Crippen molar-refractivity contribution in [3.63, 3.8) is 0 Å². The second-order valence-corrected chi connectivity index (χ2v) is 8.08. The van der Waals surface area contributed by atoms with Crippen LogP contribution < -0.4 is 9.47 Å². The number of sulfone groups is 1. The smallest absolute Gasteiger partial charge is 0.167 e. The lowest BCUT2D eigenvalue weighted by Gasteiger charge is -2.11. The minimum absolute atomic E-state index is 0.0443. The molecule has 2 aliphatic rings. The molecule has 0 spiro atoms. The Morgan fingerprint density at radius 1 is 1.19 bits per heavy atom. The highest BCUT2D eigenvalue weighted by Gasteiger charge is 2.33. The summed E-state index contributed by atoms with van der Waals surface area (Å²) in [6, 6.07) is 5.08. The molecule has 6 heteroatoms. The SMILES string of the molecule is CC1COc2ccc(C(=O)C3CCS(=O)(=O)C3)cc2OC1. The molecule has 1 aromatic carbocycles. The highest BCUT2D eigenvalue weighted by molar-refractivity contribution is 7.91. The van der Waals surface area contributed by atoms with E-state index in [9.17, 15) is 13.2 Å². The van der Waals surface area contributed by atoms with Crippen molar-refractivity contribution in [1.29, 1.82) is 0 Å². The zero-order chi connectivity index (χ0) is 15.0. The summed E-state index contributed by atoms with van der Waals surface area (Å²) in [5, 5.41) is 0. The first-order valence-electron chi connectivity index (χ1n) is 7.09. The molecule has 1 saturated heterocycles. The Labute approximate surface area is 124 Å². The molecule has 1 fully saturated rings. The van der Waals surface area contributed by atoms with Gasteiger partial charge in [-0.3, -0.25) is 4.79 Å². The zero-order valence-electron chi connectivity index (χ0n) is 11.9. The van der Waals surface area contributed by atoms with Crippen molar-refractivity contribution >= 4 is 15.6 Å². The van der Waals surface area contributed by atoms with Gasteiger partial charge in [0, 0.05) is 17.4 Å². The number of rotatable bonds is 2. The number of carbonyl (C=O) groups is 1. The summed E-state index contributed by atoms with van der Waals surface area (Å²) in [5.41, 5.74) is 0.494. The van der Waals surface area contributed by atoms with Crippen LogP contribution in [0.1, 0.15) is 23.7 Å². The molecule has 0 amide bonds. The van der Waals surface area contributed by atoms with Gasteiger partial charge in [0.2, 0.25) is 0 Å². The fraction of sp³-hybridized carbons (Fsp3) is 0.533. The summed E-state index contributed by atoms with van der Waals surface area (Å²) >= 11 is 0. The number of Topliss-reactive ketones (excluding diaryl/α,β-unsaturated/α-hetero) is 1. The zero-order valence-corrected chi connectivity index (χ0v) is 12.7. The molecule has 114 valence electrons. The van der Waals surface area contributed by atoms with Crippen LogP contribution in [0, 0.1) is 11.8 Å². The van der Waals surface area contributed by atoms with E-state index in [0.29, 0.717) is 36.7 Å². The lowest BCUT2D eigenvalue weighted by molar-refractivity contribution is 0.0933. The van der Waals surface area contributed by atoms with Crippen LogP contribution in [0.2, 0.25) is 0 Å². The fourth-order valence-corrected chi connectivity index (χ4v) is 4.38. The molecule has 0 aromatic heterocycles. The van der Waals surface area contributed by atoms with E-state index in [-0.39, 0.29) is 23.2 Å². The van der Waals surface area contributed by atoms with Gasteiger partial charge in [-0.1, -0.05) is 6.92 Å². The monoisotopic (exact) mass is 310 g/mol. The third kappa shape index (κ3) is 3.05. The van der Waals surface area contributed by atoms with Crippen molar-refractivity contribution in [2.75, 3.05) is 24.7 Å². The highest BCUT2D eigenvalue weighted by atomic mass is 32.2. The maximum absolute atomic E-state index is 12.4. The molecule has 2 aliphatic heterocycles. The van der Waals surface area contributed by atoms with Gasteiger partial charge in [-0.25, -0.2) is 8.42 Å². The molecule has 21 heavy (non-hydrogen) atoms. The molecule has 2 atom stereocenters. The molecule has 3 rings (SSSR count). The van der Waals surface area contributed by atoms with E-state index in [0.717, 1.165) is 0 Å². The van der Waals surface area contributed by atoms with Crippen LogP contribution in [-0.4, -0.2) is 38.9 Å². The molecule has 0 N–H and O–H groups in total. The number of ether oxygens (including phenoxy) is 2. The van der Waals surface area contributed by atoms with Gasteiger partial charge in [0.25, 0.3) is 0 Å². The van der Waals surface area contributed by atoms with Crippen LogP contribution in [0.25, 0.3) is 0 Å². The van der Waals surface area contributed by atoms with Gasteiger partial charge in [-0.05, 0) is 24.6 Å². The normalized spacial score (nSPS) is 27.1. The summed E-state index contributed by atoms with van der Waals surface area (Å²) in [6.45, 7) is 3.16. The van der Waals surface area contributed by atoms with Gasteiger partial charge in [-0.2, -0.15) is 0 Å². The van der Waals surface area contributed by atoms with Crippen molar-refractivity contribution in [3.05, 3.63) is 23.8 Å². The average Bonchev–Trinajstić information content (AvgIpc) is 2.71. The molecule has 5 nitrogen and oxygen atoms in total. The van der Waals surface area contributed by atoms with Gasteiger partial charge in [0.15, 0.2) is 27.1 Å². The molecule has 0 bridgehead atoms. The summed E-state index contributed by atoms with van der Waals surface area (Å²) < 4.78 is 34.3. The summed E-state index contributed by atoms with van der Waals surface area (Å²) in [6.07, 6.45) is 0.409. The predicted molar refractivity (Wildman–Crippen MR) is 77.7 cm³/mol. The lowest BCUT2D eigenvalue weighted by atomic mass is 9.97. The van der Waals surface area contributed by atoms with Crippen molar-refractivity contribution in [3.8, 4) is 11.5 Å². The van der Waals surface area contributed by atoms with Crippen LogP contribution >= 0.6 is 0 Å². The third-order valence-corrected chi connectivity index (χ3v) is 5.65. The standard InChI is InChI=1S/C15H18O5S/c1-10-7-19-13-3-2-11(6-14(13)20-8-10)15(16)12-4-5-21(17,18)9-12/h2-3,6,10,12H,4-5,7-9H2,1H3. The topological polar surface area (TPSA) is 69.7 Å². The summed E-state index contributed by atoms with van der Waals surface area (Å²) in [7, 11) is -3.06. The highest BCUT2D eigenvalue weighted by Crippen LogP contribution is 2.33. The van der Waals surface area contributed by atoms with Crippen molar-refractivity contribution < 1.29 is 22.7 Å². The van der Waals surface area contributed by atoms with E-state index in [1.54, 1.807) is 18.2 Å². The molecule has 2 heterocycles. The maximum atomic E-state index is 12.4. The van der Waals surface area contributed by atoms with Crippen LogP contribution in [-0.2, 0) is 9.84 Å². The minimum Gasteiger partial charge on any atom is -0.489 e. The molecule has 0 aliphatic carbocycles. The minimum atomic E-state index is -3.06. The first-order chi connectivity index (χ1) is 9.94. The van der Waals surface area contributed by atoms with Crippen LogP contribution in [0.5, 0.6) is 11.5 Å². The first kappa shape index (κ1) is 14.4. The average molecular weight is 310 g/mol. The Kier molecular flexibility index (Phi) is 3.65. The van der Waals surface area contributed by atoms with E-state index in [2.05, 4.69) is 0 Å². The summed E-state index contributed by atoms with van der Waals surface area (Å²) in [4.78, 5) is 12.4. The Bertz CT molecular complexity index is 665. The predicted octanol–water partition coefficient (Wildman–Crippen LogP) is 1.71. The Morgan fingerprint density at radius 3 is 2.57 bits per heavy atom. The summed E-state index contributed by atoms with van der Waals surface area (Å²) in [5.74, 6) is 0.985. The molecule has 0 radical (unpaired) electrons. The lowest BCUT2D eigenvalue weighted by Crippen LogP contribution is -2.16. The van der Waals surface area contributed by atoms with Crippen molar-refractivity contribution in [2.45, 2.75) is 13.3 Å².